The number of hydrogen-bond acceptors (Lipinski definition) is 6. The van der Waals surface area contributed by atoms with Crippen LogP contribution in [0.2, 0.25) is 5.02 Å². The summed E-state index contributed by atoms with van der Waals surface area (Å²) < 4.78 is 31.9. The van der Waals surface area contributed by atoms with E-state index in [1.54, 1.807) is 17.6 Å². The van der Waals surface area contributed by atoms with Crippen LogP contribution in [0.3, 0.4) is 0 Å². The van der Waals surface area contributed by atoms with Crippen molar-refractivity contribution in [2.75, 3.05) is 23.1 Å². The molecule has 0 radical (unpaired) electrons. The van der Waals surface area contributed by atoms with E-state index in [1.807, 2.05) is 11.4 Å². The minimum absolute atomic E-state index is 0.235. The van der Waals surface area contributed by atoms with Gasteiger partial charge in [0.1, 0.15) is 17.5 Å². The number of hydrogen-bond donors (Lipinski definition) is 2. The Morgan fingerprint density at radius 1 is 1.21 bits per heavy atom. The van der Waals surface area contributed by atoms with Gasteiger partial charge in [-0.05, 0) is 55.2 Å². The van der Waals surface area contributed by atoms with Crippen molar-refractivity contribution in [3.63, 3.8) is 0 Å². The number of aromatic nitrogens is 1. The van der Waals surface area contributed by atoms with Crippen LogP contribution in [-0.4, -0.2) is 23.0 Å². The van der Waals surface area contributed by atoms with Gasteiger partial charge in [-0.3, -0.25) is 4.90 Å². The van der Waals surface area contributed by atoms with E-state index in [0.29, 0.717) is 33.5 Å². The zero-order chi connectivity index (χ0) is 20.2. The zero-order valence-electron chi connectivity index (χ0n) is 15.4. The van der Waals surface area contributed by atoms with Crippen molar-refractivity contribution >= 4 is 46.4 Å². The van der Waals surface area contributed by atoms with Crippen LogP contribution in [0.1, 0.15) is 17.5 Å². The van der Waals surface area contributed by atoms with Crippen molar-refractivity contribution in [1.82, 2.24) is 9.88 Å². The van der Waals surface area contributed by atoms with Gasteiger partial charge in [0.2, 0.25) is 0 Å². The number of nitrogens with zero attached hydrogens (tertiary/aromatic N) is 2. The number of anilines is 2. The van der Waals surface area contributed by atoms with Crippen molar-refractivity contribution in [2.24, 2.45) is 0 Å². The highest BCUT2D eigenvalue weighted by Gasteiger charge is 2.18. The smallest absolute Gasteiger partial charge is 0.147 e. The molecule has 9 heteroatoms. The molecule has 1 aliphatic heterocycles. The molecule has 2 aromatic carbocycles. The summed E-state index contributed by atoms with van der Waals surface area (Å²) >= 11 is 8.89. The van der Waals surface area contributed by atoms with E-state index in [9.17, 15) is 8.78 Å². The van der Waals surface area contributed by atoms with Gasteiger partial charge in [-0.25, -0.2) is 13.8 Å². The highest BCUT2D eigenvalue weighted by Crippen LogP contribution is 2.32. The standard InChI is InChI=1S/C20H19ClF2N4S2/c21-15-7-19(29-26-20-11-28-12-25-20)17(23)8-18(15)24-9-14-13(3-1-4-16(14)22)10-27-5-2-6-27/h1,3-4,7-8,11-12,24,26H,2,5-6,9-10H2. The number of nitrogens with one attached hydrogen (secondary N) is 2. The van der Waals surface area contributed by atoms with Crippen LogP contribution in [0.25, 0.3) is 0 Å². The van der Waals surface area contributed by atoms with Crippen molar-refractivity contribution < 1.29 is 8.78 Å². The summed E-state index contributed by atoms with van der Waals surface area (Å²) in [5, 5.41) is 5.28. The van der Waals surface area contributed by atoms with Crippen LogP contribution in [0, 0.1) is 11.6 Å². The zero-order valence-corrected chi connectivity index (χ0v) is 17.8. The number of rotatable bonds is 8. The van der Waals surface area contributed by atoms with Crippen LogP contribution in [0.4, 0.5) is 20.3 Å². The SMILES string of the molecule is Fc1cc(NCc2c(F)cccc2CN2CCC2)c(Cl)cc1SNc1cscn1. The molecule has 4 rings (SSSR count). The molecule has 1 fully saturated rings. The van der Waals surface area contributed by atoms with E-state index in [4.69, 9.17) is 11.6 Å². The highest BCUT2D eigenvalue weighted by atomic mass is 35.5. The molecule has 152 valence electrons. The molecule has 1 aromatic heterocycles. The fourth-order valence-corrected chi connectivity index (χ4v) is 4.54. The Labute approximate surface area is 181 Å². The van der Waals surface area contributed by atoms with Crippen LogP contribution in [0.15, 0.2) is 46.1 Å². The Morgan fingerprint density at radius 3 is 2.79 bits per heavy atom. The molecule has 3 aromatic rings. The molecule has 1 aliphatic rings. The lowest BCUT2D eigenvalue weighted by molar-refractivity contribution is 0.172. The molecule has 4 nitrogen and oxygen atoms in total. The van der Waals surface area contributed by atoms with Gasteiger partial charge >= 0.3 is 0 Å². The third kappa shape index (κ3) is 5.01. The Morgan fingerprint density at radius 2 is 2.07 bits per heavy atom. The van der Waals surface area contributed by atoms with Gasteiger partial charge in [0.25, 0.3) is 0 Å². The predicted molar refractivity (Wildman–Crippen MR) is 117 cm³/mol. The summed E-state index contributed by atoms with van der Waals surface area (Å²) in [5.41, 5.74) is 3.64. The maximum Gasteiger partial charge on any atom is 0.147 e. The van der Waals surface area contributed by atoms with Crippen molar-refractivity contribution in [2.45, 2.75) is 24.4 Å². The molecule has 0 aliphatic carbocycles. The average molecular weight is 453 g/mol. The Balaban J connectivity index is 1.45. The molecule has 0 unspecified atom stereocenters. The third-order valence-corrected chi connectivity index (χ3v) is 6.48. The van der Waals surface area contributed by atoms with Gasteiger partial charge in [-0.1, -0.05) is 23.7 Å². The maximum atomic E-state index is 14.5. The number of benzene rings is 2. The molecular formula is C20H19ClF2N4S2. The Kier molecular flexibility index (Phi) is 6.54. The normalized spacial score (nSPS) is 13.9. The lowest BCUT2D eigenvalue weighted by Gasteiger charge is -2.31. The van der Waals surface area contributed by atoms with Crippen LogP contribution < -0.4 is 10.0 Å². The lowest BCUT2D eigenvalue weighted by Crippen LogP contribution is -2.36. The molecule has 0 bridgehead atoms. The van der Waals surface area contributed by atoms with E-state index < -0.39 is 5.82 Å². The van der Waals surface area contributed by atoms with E-state index >= 15 is 0 Å². The van der Waals surface area contributed by atoms with E-state index in [-0.39, 0.29) is 12.4 Å². The topological polar surface area (TPSA) is 40.2 Å². The Hall–Kier alpha value is -1.87. The Bertz CT molecular complexity index is 981. The predicted octanol–water partition coefficient (Wildman–Crippen LogP) is 6.01. The minimum Gasteiger partial charge on any atom is -0.380 e. The van der Waals surface area contributed by atoms with Crippen LogP contribution in [-0.2, 0) is 13.1 Å². The summed E-state index contributed by atoms with van der Waals surface area (Å²) in [5.74, 6) is -0.0299. The first-order chi connectivity index (χ1) is 14.1. The first kappa shape index (κ1) is 20.4. The second kappa shape index (κ2) is 9.30. The molecule has 0 atom stereocenters. The fourth-order valence-electron chi connectivity index (χ4n) is 3.03. The van der Waals surface area contributed by atoms with Gasteiger partial charge in [0.15, 0.2) is 0 Å². The summed E-state index contributed by atoms with van der Waals surface area (Å²) in [4.78, 5) is 6.72. The molecule has 2 heterocycles. The lowest BCUT2D eigenvalue weighted by atomic mass is 10.0. The second-order valence-corrected chi connectivity index (χ2v) is 8.68. The molecule has 2 N–H and O–H groups in total. The summed E-state index contributed by atoms with van der Waals surface area (Å²) in [7, 11) is 0. The first-order valence-corrected chi connectivity index (χ1v) is 11.3. The molecule has 1 saturated heterocycles. The minimum atomic E-state index is -0.418. The van der Waals surface area contributed by atoms with Gasteiger partial charge in [0.05, 0.1) is 21.1 Å². The van der Waals surface area contributed by atoms with E-state index in [0.717, 1.165) is 30.6 Å². The molecule has 0 amide bonds. The third-order valence-electron chi connectivity index (χ3n) is 4.73. The van der Waals surface area contributed by atoms with Gasteiger partial charge in [0, 0.05) is 24.0 Å². The summed E-state index contributed by atoms with van der Waals surface area (Å²) in [6, 6.07) is 7.99. The average Bonchev–Trinajstić information content (AvgIpc) is 3.18. The number of thiazole rings is 1. The highest BCUT2D eigenvalue weighted by molar-refractivity contribution is 8.00. The largest absolute Gasteiger partial charge is 0.380 e. The molecular weight excluding hydrogens is 434 g/mol. The van der Waals surface area contributed by atoms with Gasteiger partial charge in [-0.2, -0.15) is 0 Å². The van der Waals surface area contributed by atoms with E-state index in [1.165, 1.54) is 29.9 Å². The maximum absolute atomic E-state index is 14.5. The summed E-state index contributed by atoms with van der Waals surface area (Å²) in [6.45, 7) is 3.02. The van der Waals surface area contributed by atoms with Gasteiger partial charge < -0.3 is 10.0 Å². The van der Waals surface area contributed by atoms with Crippen LogP contribution in [0.5, 0.6) is 0 Å². The monoisotopic (exact) mass is 452 g/mol. The van der Waals surface area contributed by atoms with Crippen molar-refractivity contribution in [3.8, 4) is 0 Å². The molecule has 29 heavy (non-hydrogen) atoms. The number of likely N-dealkylation sites (tertiary alicyclic amines) is 1. The van der Waals surface area contributed by atoms with Crippen molar-refractivity contribution in [1.29, 1.82) is 0 Å². The molecule has 0 spiro atoms. The fraction of sp³-hybridized carbons (Fsp3) is 0.250. The number of halogens is 3. The van der Waals surface area contributed by atoms with E-state index in [2.05, 4.69) is 19.9 Å². The molecule has 0 saturated carbocycles. The van der Waals surface area contributed by atoms with Gasteiger partial charge in [-0.15, -0.1) is 11.3 Å². The second-order valence-electron chi connectivity index (χ2n) is 6.70. The summed E-state index contributed by atoms with van der Waals surface area (Å²) in [6.07, 6.45) is 1.18. The van der Waals surface area contributed by atoms with Crippen molar-refractivity contribution in [3.05, 3.63) is 69.0 Å². The first-order valence-electron chi connectivity index (χ1n) is 9.13. The van der Waals surface area contributed by atoms with Crippen LogP contribution >= 0.6 is 34.9 Å². The quantitative estimate of drug-likeness (QED) is 0.409.